The molecule has 21 heavy (non-hydrogen) atoms. The Morgan fingerprint density at radius 3 is 2.76 bits per heavy atom. The van der Waals surface area contributed by atoms with Crippen LogP contribution in [0.15, 0.2) is 18.2 Å². The third kappa shape index (κ3) is 3.71. The average Bonchev–Trinajstić information content (AvgIpc) is 2.37. The lowest BCUT2D eigenvalue weighted by atomic mass is 9.75. The van der Waals surface area contributed by atoms with E-state index in [4.69, 9.17) is 0 Å². The highest BCUT2D eigenvalue weighted by Crippen LogP contribution is 2.37. The summed E-state index contributed by atoms with van der Waals surface area (Å²) in [5.74, 6) is -1.16. The van der Waals surface area contributed by atoms with Gasteiger partial charge in [-0.25, -0.2) is 4.79 Å². The molecule has 1 saturated carbocycles. The molecule has 0 aromatic heterocycles. The lowest BCUT2D eigenvalue weighted by Gasteiger charge is -2.36. The van der Waals surface area contributed by atoms with Gasteiger partial charge in [0.05, 0.1) is 10.5 Å². The number of rotatable bonds is 4. The van der Waals surface area contributed by atoms with Gasteiger partial charge in [-0.1, -0.05) is 20.3 Å². The van der Waals surface area contributed by atoms with Crippen molar-refractivity contribution in [3.05, 3.63) is 33.9 Å². The maximum Gasteiger partial charge on any atom is 0.338 e. The summed E-state index contributed by atoms with van der Waals surface area (Å²) in [6.45, 7) is 4.41. The zero-order chi connectivity index (χ0) is 15.6. The molecule has 1 aliphatic rings. The second-order valence-corrected chi connectivity index (χ2v) is 6.39. The molecular weight excluding hydrogens is 272 g/mol. The van der Waals surface area contributed by atoms with Gasteiger partial charge in [-0.15, -0.1) is 0 Å². The molecule has 0 heterocycles. The Hall–Kier alpha value is -2.11. The molecule has 1 aliphatic carbocycles. The number of carboxylic acids is 1. The number of nitro groups is 1. The first-order valence-corrected chi connectivity index (χ1v) is 7.07. The Balaban J connectivity index is 2.23. The summed E-state index contributed by atoms with van der Waals surface area (Å²) < 4.78 is 0. The minimum atomic E-state index is -1.16. The number of aromatic carboxylic acids is 1. The molecule has 6 nitrogen and oxygen atoms in total. The first-order chi connectivity index (χ1) is 9.78. The quantitative estimate of drug-likeness (QED) is 0.652. The predicted octanol–water partition coefficient (Wildman–Crippen LogP) is 3.67. The summed E-state index contributed by atoms with van der Waals surface area (Å²) in [7, 11) is 0. The minimum absolute atomic E-state index is 0.0485. The van der Waals surface area contributed by atoms with Crippen LogP contribution in [0.5, 0.6) is 0 Å². The van der Waals surface area contributed by atoms with E-state index < -0.39 is 10.9 Å². The van der Waals surface area contributed by atoms with Crippen molar-refractivity contribution in [1.29, 1.82) is 0 Å². The van der Waals surface area contributed by atoms with Crippen molar-refractivity contribution in [3.8, 4) is 0 Å². The first-order valence-electron chi connectivity index (χ1n) is 7.07. The highest BCUT2D eigenvalue weighted by Gasteiger charge is 2.28. The van der Waals surface area contributed by atoms with E-state index in [-0.39, 0.29) is 22.7 Å². The lowest BCUT2D eigenvalue weighted by molar-refractivity contribution is -0.384. The summed E-state index contributed by atoms with van der Waals surface area (Å²) in [5, 5.41) is 23.2. The number of non-ortho nitro benzene ring substituents is 1. The van der Waals surface area contributed by atoms with Gasteiger partial charge in [0, 0.05) is 23.9 Å². The fourth-order valence-corrected chi connectivity index (χ4v) is 2.99. The molecule has 6 heteroatoms. The topological polar surface area (TPSA) is 92.5 Å². The number of hydrogen-bond donors (Lipinski definition) is 2. The summed E-state index contributed by atoms with van der Waals surface area (Å²) >= 11 is 0. The number of benzene rings is 1. The van der Waals surface area contributed by atoms with Crippen LogP contribution in [0.25, 0.3) is 0 Å². The van der Waals surface area contributed by atoms with Crippen molar-refractivity contribution in [1.82, 2.24) is 0 Å². The van der Waals surface area contributed by atoms with Crippen LogP contribution in [-0.2, 0) is 0 Å². The Bertz CT molecular complexity index is 569. The van der Waals surface area contributed by atoms with E-state index in [1.54, 1.807) is 0 Å². The fraction of sp³-hybridized carbons (Fsp3) is 0.533. The number of nitrogens with one attached hydrogen (secondary N) is 1. The van der Waals surface area contributed by atoms with E-state index in [9.17, 15) is 20.0 Å². The molecule has 1 unspecified atom stereocenters. The zero-order valence-electron chi connectivity index (χ0n) is 12.3. The lowest BCUT2D eigenvalue weighted by Crippen LogP contribution is -2.32. The second-order valence-electron chi connectivity index (χ2n) is 6.39. The number of carbonyl (C=O) groups is 1. The number of carboxylic acid groups (broad SMARTS) is 1. The first kappa shape index (κ1) is 15.3. The largest absolute Gasteiger partial charge is 0.478 e. The Morgan fingerprint density at radius 1 is 1.48 bits per heavy atom. The average molecular weight is 292 g/mol. The Labute approximate surface area is 123 Å². The molecule has 0 bridgehead atoms. The molecule has 0 saturated heterocycles. The highest BCUT2D eigenvalue weighted by molar-refractivity contribution is 5.95. The zero-order valence-corrected chi connectivity index (χ0v) is 12.3. The molecule has 114 valence electrons. The third-order valence-electron chi connectivity index (χ3n) is 4.01. The van der Waals surface area contributed by atoms with Gasteiger partial charge in [0.2, 0.25) is 0 Å². The van der Waals surface area contributed by atoms with Gasteiger partial charge in [-0.3, -0.25) is 10.1 Å². The Morgan fingerprint density at radius 2 is 2.19 bits per heavy atom. The maximum absolute atomic E-state index is 11.3. The van der Waals surface area contributed by atoms with Crippen molar-refractivity contribution in [3.63, 3.8) is 0 Å². The molecule has 0 amide bonds. The van der Waals surface area contributed by atoms with Crippen LogP contribution in [-0.4, -0.2) is 22.0 Å². The number of hydrogen-bond acceptors (Lipinski definition) is 4. The SMILES string of the molecule is CC1(C)CCCC(Nc2ccc([N+](=O)[O-])cc2C(=O)O)C1. The van der Waals surface area contributed by atoms with Crippen LogP contribution in [0.2, 0.25) is 0 Å². The summed E-state index contributed by atoms with van der Waals surface area (Å²) in [5.41, 5.74) is 0.436. The molecular formula is C15H20N2O4. The number of nitro benzene ring substituents is 1. The van der Waals surface area contributed by atoms with Crippen LogP contribution in [0.3, 0.4) is 0 Å². The van der Waals surface area contributed by atoms with E-state index >= 15 is 0 Å². The molecule has 1 aromatic rings. The van der Waals surface area contributed by atoms with Gasteiger partial charge < -0.3 is 10.4 Å². The molecule has 1 atom stereocenters. The van der Waals surface area contributed by atoms with Crippen LogP contribution in [0.1, 0.15) is 49.9 Å². The van der Waals surface area contributed by atoms with Gasteiger partial charge >= 0.3 is 5.97 Å². The normalized spacial score (nSPS) is 20.8. The molecule has 1 fully saturated rings. The number of nitrogens with zero attached hydrogens (tertiary/aromatic N) is 1. The van der Waals surface area contributed by atoms with Crippen LogP contribution >= 0.6 is 0 Å². The van der Waals surface area contributed by atoms with Crippen molar-refractivity contribution < 1.29 is 14.8 Å². The standard InChI is InChI=1S/C15H20N2O4/c1-15(2)7-3-4-10(9-15)16-13-6-5-11(17(20)21)8-12(13)14(18)19/h5-6,8,10,16H,3-4,7,9H2,1-2H3,(H,18,19). The molecule has 2 N–H and O–H groups in total. The van der Waals surface area contributed by atoms with Crippen molar-refractivity contribution in [2.24, 2.45) is 5.41 Å². The second kappa shape index (κ2) is 5.71. The number of anilines is 1. The van der Waals surface area contributed by atoms with E-state index in [1.165, 1.54) is 12.1 Å². The molecule has 0 radical (unpaired) electrons. The summed E-state index contributed by atoms with van der Waals surface area (Å²) in [6, 6.07) is 4.14. The summed E-state index contributed by atoms with van der Waals surface area (Å²) in [6.07, 6.45) is 4.21. The van der Waals surface area contributed by atoms with Gasteiger partial charge in [0.15, 0.2) is 0 Å². The van der Waals surface area contributed by atoms with Crippen LogP contribution in [0.4, 0.5) is 11.4 Å². The van der Waals surface area contributed by atoms with Crippen LogP contribution < -0.4 is 5.32 Å². The fourth-order valence-electron chi connectivity index (χ4n) is 2.99. The summed E-state index contributed by atoms with van der Waals surface area (Å²) in [4.78, 5) is 21.5. The predicted molar refractivity (Wildman–Crippen MR) is 79.7 cm³/mol. The smallest absolute Gasteiger partial charge is 0.338 e. The Kier molecular flexibility index (Phi) is 4.16. The van der Waals surface area contributed by atoms with Gasteiger partial charge in [-0.05, 0) is 30.7 Å². The molecule has 0 spiro atoms. The van der Waals surface area contributed by atoms with Crippen molar-refractivity contribution >= 4 is 17.3 Å². The van der Waals surface area contributed by atoms with Crippen LogP contribution in [0, 0.1) is 15.5 Å². The highest BCUT2D eigenvalue weighted by atomic mass is 16.6. The van der Waals surface area contributed by atoms with E-state index in [0.717, 1.165) is 31.7 Å². The molecule has 1 aromatic carbocycles. The maximum atomic E-state index is 11.3. The van der Waals surface area contributed by atoms with Gasteiger partial charge in [0.25, 0.3) is 5.69 Å². The van der Waals surface area contributed by atoms with Crippen molar-refractivity contribution in [2.75, 3.05) is 5.32 Å². The monoisotopic (exact) mass is 292 g/mol. The van der Waals surface area contributed by atoms with Gasteiger partial charge in [-0.2, -0.15) is 0 Å². The van der Waals surface area contributed by atoms with Gasteiger partial charge in [0.1, 0.15) is 0 Å². The van der Waals surface area contributed by atoms with E-state index in [0.29, 0.717) is 5.69 Å². The van der Waals surface area contributed by atoms with E-state index in [1.807, 2.05) is 0 Å². The van der Waals surface area contributed by atoms with Crippen molar-refractivity contribution in [2.45, 2.75) is 45.6 Å². The van der Waals surface area contributed by atoms with E-state index in [2.05, 4.69) is 19.2 Å². The molecule has 0 aliphatic heterocycles. The third-order valence-corrected chi connectivity index (χ3v) is 4.01. The molecule has 2 rings (SSSR count). The minimum Gasteiger partial charge on any atom is -0.478 e.